The molecule has 2 heterocycles. The quantitative estimate of drug-likeness (QED) is 0.817. The number of ether oxygens (including phenoxy) is 3. The molecule has 2 N–H and O–H groups in total. The van der Waals surface area contributed by atoms with E-state index in [-0.39, 0.29) is 6.61 Å². The zero-order valence-electron chi connectivity index (χ0n) is 8.59. The molecule has 0 aromatic carbocycles. The Kier molecular flexibility index (Phi) is 3.33. The minimum Gasteiger partial charge on any atom is -0.443 e. The summed E-state index contributed by atoms with van der Waals surface area (Å²) in [4.78, 5) is 14.7. The maximum Gasteiger partial charge on any atom is 0.404 e. The lowest BCUT2D eigenvalue weighted by atomic mass is 10.3. The molecular weight excluding hydrogens is 212 g/mol. The highest BCUT2D eigenvalue weighted by Crippen LogP contribution is 2.21. The van der Waals surface area contributed by atoms with Crippen LogP contribution in [-0.4, -0.2) is 24.3 Å². The second kappa shape index (κ2) is 4.91. The summed E-state index contributed by atoms with van der Waals surface area (Å²) < 4.78 is 15.2. The number of nitrogens with zero attached hydrogens (tertiary/aromatic N) is 1. The van der Waals surface area contributed by atoms with Crippen molar-refractivity contribution in [3.8, 4) is 0 Å². The molecule has 6 nitrogen and oxygen atoms in total. The van der Waals surface area contributed by atoms with E-state index in [2.05, 4.69) is 9.72 Å². The van der Waals surface area contributed by atoms with E-state index in [1.807, 2.05) is 0 Å². The lowest BCUT2D eigenvalue weighted by Crippen LogP contribution is -2.13. The molecule has 0 saturated carbocycles. The van der Waals surface area contributed by atoms with Gasteiger partial charge in [0.15, 0.2) is 0 Å². The highest BCUT2D eigenvalue weighted by Gasteiger charge is 2.19. The number of carbonyl (C=O) groups excluding carboxylic acids is 1. The second-order valence-corrected chi connectivity index (χ2v) is 3.24. The van der Waals surface area contributed by atoms with Crippen LogP contribution in [-0.2, 0) is 20.8 Å². The molecule has 1 fully saturated rings. The summed E-state index contributed by atoms with van der Waals surface area (Å²) in [6.45, 7) is 1.18. The van der Waals surface area contributed by atoms with Gasteiger partial charge >= 0.3 is 6.09 Å². The molecule has 0 bridgehead atoms. The van der Waals surface area contributed by atoms with Crippen LogP contribution in [0, 0.1) is 0 Å². The SMILES string of the molecule is NC(=O)OCc1cccc(C2OCCO2)n1. The molecule has 6 heteroatoms. The Labute approximate surface area is 92.3 Å². The third-order valence-corrected chi connectivity index (χ3v) is 2.05. The van der Waals surface area contributed by atoms with E-state index in [0.29, 0.717) is 24.6 Å². The number of pyridine rings is 1. The van der Waals surface area contributed by atoms with Gasteiger partial charge in [0, 0.05) is 0 Å². The standard InChI is InChI=1S/C10H12N2O4/c11-10(13)16-6-7-2-1-3-8(12-7)9-14-4-5-15-9/h1-3,9H,4-6H2,(H2,11,13). The van der Waals surface area contributed by atoms with Crippen molar-refractivity contribution in [2.75, 3.05) is 13.2 Å². The van der Waals surface area contributed by atoms with Crippen molar-refractivity contribution in [1.29, 1.82) is 0 Å². The molecule has 0 radical (unpaired) electrons. The average Bonchev–Trinajstić information content (AvgIpc) is 2.80. The van der Waals surface area contributed by atoms with Gasteiger partial charge in [-0.25, -0.2) is 9.78 Å². The Morgan fingerprint density at radius 2 is 2.25 bits per heavy atom. The zero-order chi connectivity index (χ0) is 11.4. The summed E-state index contributed by atoms with van der Waals surface area (Å²) in [5.74, 6) is 0. The molecule has 0 unspecified atom stereocenters. The summed E-state index contributed by atoms with van der Waals surface area (Å²) in [5, 5.41) is 0. The number of nitrogens with two attached hydrogens (primary N) is 1. The van der Waals surface area contributed by atoms with Crippen molar-refractivity contribution < 1.29 is 19.0 Å². The van der Waals surface area contributed by atoms with E-state index >= 15 is 0 Å². The monoisotopic (exact) mass is 224 g/mol. The van der Waals surface area contributed by atoms with Crippen molar-refractivity contribution >= 4 is 6.09 Å². The minimum atomic E-state index is -0.819. The zero-order valence-corrected chi connectivity index (χ0v) is 8.59. The van der Waals surface area contributed by atoms with Crippen LogP contribution in [0.4, 0.5) is 4.79 Å². The predicted molar refractivity (Wildman–Crippen MR) is 53.3 cm³/mol. The average molecular weight is 224 g/mol. The van der Waals surface area contributed by atoms with Gasteiger partial charge in [-0.3, -0.25) is 0 Å². The van der Waals surface area contributed by atoms with E-state index in [0.717, 1.165) is 0 Å². The minimum absolute atomic E-state index is 0.0515. The molecule has 1 aromatic heterocycles. The van der Waals surface area contributed by atoms with Gasteiger partial charge in [-0.05, 0) is 12.1 Å². The van der Waals surface area contributed by atoms with Gasteiger partial charge in [0.05, 0.1) is 24.6 Å². The first-order valence-corrected chi connectivity index (χ1v) is 4.87. The molecule has 1 aliphatic heterocycles. The number of carbonyl (C=O) groups is 1. The van der Waals surface area contributed by atoms with Crippen LogP contribution >= 0.6 is 0 Å². The highest BCUT2D eigenvalue weighted by molar-refractivity contribution is 5.64. The summed E-state index contributed by atoms with van der Waals surface area (Å²) >= 11 is 0. The van der Waals surface area contributed by atoms with Crippen molar-refractivity contribution in [2.45, 2.75) is 12.9 Å². The van der Waals surface area contributed by atoms with Crippen molar-refractivity contribution in [2.24, 2.45) is 5.73 Å². The van der Waals surface area contributed by atoms with Crippen LogP contribution in [0.5, 0.6) is 0 Å². The molecule has 1 saturated heterocycles. The smallest absolute Gasteiger partial charge is 0.404 e. The number of aromatic nitrogens is 1. The van der Waals surface area contributed by atoms with E-state index in [4.69, 9.17) is 15.2 Å². The van der Waals surface area contributed by atoms with Crippen molar-refractivity contribution in [3.63, 3.8) is 0 Å². The van der Waals surface area contributed by atoms with E-state index < -0.39 is 12.4 Å². The highest BCUT2D eigenvalue weighted by atomic mass is 16.7. The van der Waals surface area contributed by atoms with E-state index in [9.17, 15) is 4.79 Å². The third kappa shape index (κ3) is 2.68. The van der Waals surface area contributed by atoms with E-state index in [1.54, 1.807) is 18.2 Å². The molecule has 0 atom stereocenters. The van der Waals surface area contributed by atoms with Gasteiger partial charge in [-0.1, -0.05) is 6.07 Å². The largest absolute Gasteiger partial charge is 0.443 e. The number of rotatable bonds is 3. The number of primary amides is 1. The predicted octanol–water partition coefficient (Wildman–Crippen LogP) is 0.722. The number of hydrogen-bond donors (Lipinski definition) is 1. The molecule has 1 amide bonds. The topological polar surface area (TPSA) is 83.7 Å². The maximum atomic E-state index is 10.4. The normalized spacial score (nSPS) is 16.2. The van der Waals surface area contributed by atoms with Gasteiger partial charge in [-0.15, -0.1) is 0 Å². The first kappa shape index (κ1) is 10.8. The first-order chi connectivity index (χ1) is 7.75. The van der Waals surface area contributed by atoms with E-state index in [1.165, 1.54) is 0 Å². The van der Waals surface area contributed by atoms with Gasteiger partial charge in [0.1, 0.15) is 6.61 Å². The van der Waals surface area contributed by atoms with Gasteiger partial charge in [0.25, 0.3) is 0 Å². The second-order valence-electron chi connectivity index (χ2n) is 3.24. The molecule has 0 spiro atoms. The molecular formula is C10H12N2O4. The van der Waals surface area contributed by atoms with Crippen LogP contribution in [0.25, 0.3) is 0 Å². The first-order valence-electron chi connectivity index (χ1n) is 4.87. The number of amides is 1. The summed E-state index contributed by atoms with van der Waals surface area (Å²) in [6, 6.07) is 5.33. The Morgan fingerprint density at radius 1 is 1.50 bits per heavy atom. The fraction of sp³-hybridized carbons (Fsp3) is 0.400. The Bertz CT molecular complexity index is 377. The Morgan fingerprint density at radius 3 is 2.94 bits per heavy atom. The molecule has 16 heavy (non-hydrogen) atoms. The summed E-state index contributed by atoms with van der Waals surface area (Å²) in [6.07, 6.45) is -1.24. The summed E-state index contributed by atoms with van der Waals surface area (Å²) in [5.41, 5.74) is 6.14. The lowest BCUT2D eigenvalue weighted by molar-refractivity contribution is -0.0475. The molecule has 86 valence electrons. The fourth-order valence-corrected chi connectivity index (χ4v) is 1.38. The Balaban J connectivity index is 2.03. The van der Waals surface area contributed by atoms with Gasteiger partial charge < -0.3 is 19.9 Å². The van der Waals surface area contributed by atoms with Crippen LogP contribution in [0.2, 0.25) is 0 Å². The van der Waals surface area contributed by atoms with Crippen LogP contribution in [0.3, 0.4) is 0 Å². The summed E-state index contributed by atoms with van der Waals surface area (Å²) in [7, 11) is 0. The van der Waals surface area contributed by atoms with Gasteiger partial charge in [0.2, 0.25) is 6.29 Å². The molecule has 1 aliphatic rings. The van der Waals surface area contributed by atoms with Crippen LogP contribution in [0.15, 0.2) is 18.2 Å². The molecule has 2 rings (SSSR count). The maximum absolute atomic E-state index is 10.4. The molecule has 1 aromatic rings. The van der Waals surface area contributed by atoms with Crippen LogP contribution < -0.4 is 5.73 Å². The van der Waals surface area contributed by atoms with Crippen LogP contribution in [0.1, 0.15) is 17.7 Å². The Hall–Kier alpha value is -1.66. The van der Waals surface area contributed by atoms with Gasteiger partial charge in [-0.2, -0.15) is 0 Å². The third-order valence-electron chi connectivity index (χ3n) is 2.05. The lowest BCUT2D eigenvalue weighted by Gasteiger charge is -2.09. The number of hydrogen-bond acceptors (Lipinski definition) is 5. The van der Waals surface area contributed by atoms with Crippen molar-refractivity contribution in [3.05, 3.63) is 29.6 Å². The van der Waals surface area contributed by atoms with Crippen molar-refractivity contribution in [1.82, 2.24) is 4.98 Å². The fourth-order valence-electron chi connectivity index (χ4n) is 1.38. The molecule has 0 aliphatic carbocycles.